The molecule has 0 radical (unpaired) electrons. The molecular formula is C31H31FN6O3. The normalized spacial score (nSPS) is 12.1. The molecule has 0 aliphatic rings. The van der Waals surface area contributed by atoms with E-state index in [1.807, 2.05) is 63.2 Å². The van der Waals surface area contributed by atoms with E-state index in [0.717, 1.165) is 16.8 Å². The molecule has 5 N–H and O–H groups in total. The lowest BCUT2D eigenvalue weighted by molar-refractivity contribution is 0.0957. The van der Waals surface area contributed by atoms with Crippen molar-refractivity contribution in [3.05, 3.63) is 102 Å². The van der Waals surface area contributed by atoms with Gasteiger partial charge in [-0.05, 0) is 41.1 Å². The van der Waals surface area contributed by atoms with Crippen molar-refractivity contribution >= 4 is 39.9 Å². The fraction of sp³-hybridized carbons (Fsp3) is 0.161. The number of nitrogens with zero attached hydrogens (tertiary/aromatic N) is 2. The maximum Gasteiger partial charge on any atom is 0.324 e. The zero-order valence-electron chi connectivity index (χ0n) is 23.2. The third kappa shape index (κ3) is 7.66. The van der Waals surface area contributed by atoms with Crippen LogP contribution in [0.5, 0.6) is 11.5 Å². The first-order valence-electron chi connectivity index (χ1n) is 12.8. The number of ether oxygens (including phenoxy) is 1. The molecular weight excluding hydrogens is 523 g/mol. The summed E-state index contributed by atoms with van der Waals surface area (Å²) in [5.74, 6) is -0.447. The van der Waals surface area contributed by atoms with Crippen molar-refractivity contribution in [2.45, 2.75) is 20.8 Å². The maximum absolute atomic E-state index is 14.9. The average Bonchev–Trinajstić information content (AvgIpc) is 2.93. The molecule has 10 heteroatoms. The summed E-state index contributed by atoms with van der Waals surface area (Å²) in [6, 6.07) is 19.8. The number of anilines is 1. The number of nitrogens with two attached hydrogens (primary N) is 1. The van der Waals surface area contributed by atoms with Gasteiger partial charge in [0.05, 0.1) is 11.4 Å². The van der Waals surface area contributed by atoms with Crippen molar-refractivity contribution in [2.75, 3.05) is 12.4 Å². The molecule has 1 aromatic heterocycles. The zero-order chi connectivity index (χ0) is 29.6. The van der Waals surface area contributed by atoms with E-state index in [1.54, 1.807) is 6.08 Å². The molecule has 0 aliphatic carbocycles. The Hall–Kier alpha value is -5.25. The van der Waals surface area contributed by atoms with Crippen molar-refractivity contribution in [2.24, 2.45) is 16.1 Å². The van der Waals surface area contributed by atoms with Gasteiger partial charge in [-0.15, -0.1) is 0 Å². The summed E-state index contributed by atoms with van der Waals surface area (Å²) in [6.45, 7) is 5.82. The summed E-state index contributed by atoms with van der Waals surface area (Å²) in [6.07, 6.45) is 3.00. The van der Waals surface area contributed by atoms with Crippen LogP contribution in [0.2, 0.25) is 0 Å². The van der Waals surface area contributed by atoms with Gasteiger partial charge in [0.1, 0.15) is 28.8 Å². The topological polar surface area (TPSA) is 131 Å². The van der Waals surface area contributed by atoms with Gasteiger partial charge >= 0.3 is 6.03 Å². The van der Waals surface area contributed by atoms with E-state index in [2.05, 4.69) is 25.9 Å². The number of hydrogen-bond acceptors (Lipinski definition) is 6. The van der Waals surface area contributed by atoms with Gasteiger partial charge in [-0.2, -0.15) is 0 Å². The fourth-order valence-electron chi connectivity index (χ4n) is 3.64. The van der Waals surface area contributed by atoms with E-state index in [9.17, 15) is 14.0 Å². The lowest BCUT2D eigenvalue weighted by Crippen LogP contribution is -2.34. The van der Waals surface area contributed by atoms with Crippen LogP contribution in [0.3, 0.4) is 0 Å². The van der Waals surface area contributed by atoms with Gasteiger partial charge in [0, 0.05) is 42.6 Å². The number of hydrogen-bond donors (Lipinski definition) is 4. The fourth-order valence-corrected chi connectivity index (χ4v) is 3.64. The zero-order valence-corrected chi connectivity index (χ0v) is 23.2. The van der Waals surface area contributed by atoms with Crippen molar-refractivity contribution in [3.8, 4) is 11.5 Å². The molecule has 0 aliphatic heterocycles. The van der Waals surface area contributed by atoms with Crippen LogP contribution < -0.4 is 26.4 Å². The first-order chi connectivity index (χ1) is 19.5. The Kier molecular flexibility index (Phi) is 8.62. The van der Waals surface area contributed by atoms with Gasteiger partial charge in [-0.25, -0.2) is 14.2 Å². The van der Waals surface area contributed by atoms with Crippen LogP contribution in [0.1, 0.15) is 31.3 Å². The summed E-state index contributed by atoms with van der Waals surface area (Å²) < 4.78 is 20.6. The Labute approximate surface area is 237 Å². The van der Waals surface area contributed by atoms with Crippen LogP contribution in [-0.4, -0.2) is 29.8 Å². The van der Waals surface area contributed by atoms with Crippen molar-refractivity contribution < 1.29 is 18.7 Å². The molecule has 9 nitrogen and oxygen atoms in total. The number of allylic oxidation sites excluding steroid dienone is 1. The predicted octanol–water partition coefficient (Wildman–Crippen LogP) is 6.27. The molecule has 1 heterocycles. The Bertz CT molecular complexity index is 1660. The number of urea groups is 1. The molecule has 0 bridgehead atoms. The molecule has 0 unspecified atom stereocenters. The van der Waals surface area contributed by atoms with Crippen LogP contribution in [0.15, 0.2) is 95.8 Å². The lowest BCUT2D eigenvalue weighted by Gasteiger charge is -2.19. The average molecular weight is 555 g/mol. The number of halogens is 1. The van der Waals surface area contributed by atoms with Gasteiger partial charge in [0.15, 0.2) is 0 Å². The molecule has 41 heavy (non-hydrogen) atoms. The molecule has 0 fully saturated rings. The van der Waals surface area contributed by atoms with Gasteiger partial charge in [0.25, 0.3) is 5.91 Å². The molecule has 0 saturated carbocycles. The SMILES string of the molecule is CNC(=O)c1cc(Oc2ccc(NC(=O)NC(C=C(N)C(C)(C)C)=Nc3ccc4ccccc4c3)c(F)c2)ccn1. The number of carbonyl (C=O) groups is 2. The van der Waals surface area contributed by atoms with E-state index in [0.29, 0.717) is 17.1 Å². The lowest BCUT2D eigenvalue weighted by atomic mass is 9.92. The predicted molar refractivity (Wildman–Crippen MR) is 159 cm³/mol. The molecule has 3 aromatic carbocycles. The monoisotopic (exact) mass is 554 g/mol. The minimum Gasteiger partial charge on any atom is -0.457 e. The summed E-state index contributed by atoms with van der Waals surface area (Å²) in [7, 11) is 1.49. The Morgan fingerprint density at radius 2 is 1.71 bits per heavy atom. The highest BCUT2D eigenvalue weighted by Crippen LogP contribution is 2.26. The summed E-state index contributed by atoms with van der Waals surface area (Å²) in [5.41, 5.74) is 7.09. The van der Waals surface area contributed by atoms with E-state index >= 15 is 0 Å². The highest BCUT2D eigenvalue weighted by Gasteiger charge is 2.16. The summed E-state index contributed by atoms with van der Waals surface area (Å²) in [4.78, 5) is 33.3. The second-order valence-electron chi connectivity index (χ2n) is 10.2. The quantitative estimate of drug-likeness (QED) is 0.165. The van der Waals surface area contributed by atoms with E-state index in [-0.39, 0.29) is 34.3 Å². The first-order valence-corrected chi connectivity index (χ1v) is 12.8. The van der Waals surface area contributed by atoms with Crippen LogP contribution in [0, 0.1) is 11.2 Å². The number of rotatable bonds is 6. The second kappa shape index (κ2) is 12.3. The molecule has 210 valence electrons. The van der Waals surface area contributed by atoms with Crippen molar-refractivity contribution in [3.63, 3.8) is 0 Å². The largest absolute Gasteiger partial charge is 0.457 e. The van der Waals surface area contributed by atoms with Gasteiger partial charge < -0.3 is 21.1 Å². The smallest absolute Gasteiger partial charge is 0.324 e. The number of fused-ring (bicyclic) bond motifs is 1. The summed E-state index contributed by atoms with van der Waals surface area (Å²) in [5, 5.41) is 9.69. The Morgan fingerprint density at radius 3 is 2.41 bits per heavy atom. The number of aromatic nitrogens is 1. The van der Waals surface area contributed by atoms with Crippen LogP contribution >= 0.6 is 0 Å². The molecule has 4 aromatic rings. The van der Waals surface area contributed by atoms with Crippen LogP contribution in [0.4, 0.5) is 20.6 Å². The molecule has 3 amide bonds. The number of pyridine rings is 1. The van der Waals surface area contributed by atoms with E-state index in [4.69, 9.17) is 10.5 Å². The van der Waals surface area contributed by atoms with Gasteiger partial charge in [-0.1, -0.05) is 51.1 Å². The Balaban J connectivity index is 1.52. The van der Waals surface area contributed by atoms with Gasteiger partial charge in [0.2, 0.25) is 0 Å². The van der Waals surface area contributed by atoms with Crippen LogP contribution in [0.25, 0.3) is 10.8 Å². The van der Waals surface area contributed by atoms with Gasteiger partial charge in [-0.3, -0.25) is 15.1 Å². The molecule has 0 spiro atoms. The van der Waals surface area contributed by atoms with Crippen molar-refractivity contribution in [1.82, 2.24) is 15.6 Å². The second-order valence-corrected chi connectivity index (χ2v) is 10.2. The number of aliphatic imine (C=N–C) groups is 1. The molecule has 0 saturated heterocycles. The Morgan fingerprint density at radius 1 is 0.976 bits per heavy atom. The van der Waals surface area contributed by atoms with E-state index in [1.165, 1.54) is 37.5 Å². The highest BCUT2D eigenvalue weighted by molar-refractivity contribution is 6.09. The third-order valence-electron chi connectivity index (χ3n) is 6.00. The number of amides is 3. The highest BCUT2D eigenvalue weighted by atomic mass is 19.1. The molecule has 4 rings (SSSR count). The van der Waals surface area contributed by atoms with E-state index < -0.39 is 11.8 Å². The standard InChI is InChI=1S/C31H31FN6O3/c1-31(2,3)27(33)18-28(36-21-10-9-19-7-5-6-8-20(19)15-21)38-30(40)37-25-12-11-22(16-24(25)32)41-23-13-14-35-26(17-23)29(39)34-4/h5-18H,33H2,1-4H3,(H,34,39)(H2,36,37,38,40). The minimum absolute atomic E-state index is 0.0755. The van der Waals surface area contributed by atoms with Crippen molar-refractivity contribution in [1.29, 1.82) is 0 Å². The third-order valence-corrected chi connectivity index (χ3v) is 6.00. The maximum atomic E-state index is 14.9. The van der Waals surface area contributed by atoms with Crippen LogP contribution in [-0.2, 0) is 0 Å². The number of benzene rings is 3. The first kappa shape index (κ1) is 28.8. The number of carbonyl (C=O) groups excluding carboxylic acids is 2. The number of amidine groups is 1. The number of nitrogens with one attached hydrogen (secondary N) is 3. The molecule has 0 atom stereocenters. The summed E-state index contributed by atoms with van der Waals surface area (Å²) >= 11 is 0. The minimum atomic E-state index is -0.726.